The summed E-state index contributed by atoms with van der Waals surface area (Å²) in [6, 6.07) is 4.06. The van der Waals surface area contributed by atoms with Gasteiger partial charge in [0.05, 0.1) is 6.10 Å². The first-order chi connectivity index (χ1) is 11.3. The predicted octanol–water partition coefficient (Wildman–Crippen LogP) is 2.52. The molecule has 2 heterocycles. The average molecular weight is 318 g/mol. The third-order valence-corrected chi connectivity index (χ3v) is 4.62. The van der Waals surface area contributed by atoms with E-state index in [1.54, 1.807) is 6.07 Å². The lowest BCUT2D eigenvalue weighted by Crippen LogP contribution is -2.32. The van der Waals surface area contributed by atoms with Crippen LogP contribution in [0.4, 0.5) is 5.82 Å². The Morgan fingerprint density at radius 3 is 2.57 bits per heavy atom. The van der Waals surface area contributed by atoms with Crippen molar-refractivity contribution in [1.82, 2.24) is 15.5 Å². The number of nitrogens with one attached hydrogen (secondary N) is 2. The number of hydrogen-bond acceptors (Lipinski definition) is 5. The molecule has 1 unspecified atom stereocenters. The van der Waals surface area contributed by atoms with Gasteiger partial charge in [0, 0.05) is 19.2 Å². The summed E-state index contributed by atoms with van der Waals surface area (Å²) in [5.74, 6) is 0.571. The van der Waals surface area contributed by atoms with E-state index in [0.29, 0.717) is 18.3 Å². The van der Waals surface area contributed by atoms with Gasteiger partial charge in [0.25, 0.3) is 5.91 Å². The Kier molecular flexibility index (Phi) is 5.80. The van der Waals surface area contributed by atoms with Gasteiger partial charge < -0.3 is 15.4 Å². The molecule has 2 N–H and O–H groups in total. The summed E-state index contributed by atoms with van der Waals surface area (Å²) >= 11 is 0. The van der Waals surface area contributed by atoms with Crippen LogP contribution in [0, 0.1) is 0 Å². The van der Waals surface area contributed by atoms with E-state index in [4.69, 9.17) is 4.74 Å². The van der Waals surface area contributed by atoms with E-state index in [0.717, 1.165) is 25.3 Å². The van der Waals surface area contributed by atoms with Gasteiger partial charge in [-0.05, 0) is 37.8 Å². The number of carbonyl (C=O) groups excluding carboxylic acids is 1. The van der Waals surface area contributed by atoms with Crippen LogP contribution in [0.1, 0.15) is 61.9 Å². The number of aromatic nitrogens is 2. The minimum atomic E-state index is -0.186. The Morgan fingerprint density at radius 1 is 1.09 bits per heavy atom. The summed E-state index contributed by atoms with van der Waals surface area (Å²) in [5, 5.41) is 14.5. The molecule has 1 aromatic heterocycles. The first kappa shape index (κ1) is 16.2. The van der Waals surface area contributed by atoms with Crippen LogP contribution in [0.25, 0.3) is 0 Å². The lowest BCUT2D eigenvalue weighted by molar-refractivity contribution is 0.0853. The highest BCUT2D eigenvalue weighted by molar-refractivity contribution is 5.92. The van der Waals surface area contributed by atoms with Crippen molar-refractivity contribution < 1.29 is 9.53 Å². The molecule has 0 radical (unpaired) electrons. The number of anilines is 1. The normalized spacial score (nSPS) is 22.5. The second-order valence-corrected chi connectivity index (χ2v) is 6.48. The van der Waals surface area contributed by atoms with Gasteiger partial charge >= 0.3 is 0 Å². The summed E-state index contributed by atoms with van der Waals surface area (Å²) in [7, 11) is 0. The van der Waals surface area contributed by atoms with E-state index in [2.05, 4.69) is 20.8 Å². The van der Waals surface area contributed by atoms with Crippen LogP contribution in [-0.2, 0) is 4.74 Å². The molecule has 1 aliphatic heterocycles. The molecule has 0 spiro atoms. The van der Waals surface area contributed by atoms with Crippen molar-refractivity contribution in [3.05, 3.63) is 17.8 Å². The minimum absolute atomic E-state index is 0.142. The summed E-state index contributed by atoms with van der Waals surface area (Å²) in [4.78, 5) is 12.1. The zero-order valence-electron chi connectivity index (χ0n) is 13.6. The van der Waals surface area contributed by atoms with Crippen LogP contribution >= 0.6 is 0 Å². The molecule has 3 rings (SSSR count). The molecule has 1 atom stereocenters. The Labute approximate surface area is 137 Å². The molecule has 23 heavy (non-hydrogen) atoms. The molecular weight excluding hydrogens is 292 g/mol. The van der Waals surface area contributed by atoms with Crippen molar-refractivity contribution >= 4 is 11.7 Å². The van der Waals surface area contributed by atoms with Crippen LogP contribution in [0.15, 0.2) is 12.1 Å². The second kappa shape index (κ2) is 8.24. The molecule has 1 aliphatic carbocycles. The first-order valence-corrected chi connectivity index (χ1v) is 8.81. The maximum atomic E-state index is 12.1. The Hall–Kier alpha value is -1.69. The maximum Gasteiger partial charge on any atom is 0.271 e. The highest BCUT2D eigenvalue weighted by Gasteiger charge is 2.17. The Balaban J connectivity index is 1.48. The minimum Gasteiger partial charge on any atom is -0.376 e. The van der Waals surface area contributed by atoms with Gasteiger partial charge in [-0.25, -0.2) is 0 Å². The van der Waals surface area contributed by atoms with Gasteiger partial charge in [0.1, 0.15) is 5.82 Å². The molecule has 6 nitrogen and oxygen atoms in total. The van der Waals surface area contributed by atoms with Crippen molar-refractivity contribution in [2.75, 3.05) is 18.5 Å². The second-order valence-electron chi connectivity index (χ2n) is 6.48. The number of carbonyl (C=O) groups is 1. The third-order valence-electron chi connectivity index (χ3n) is 4.62. The number of hydrogen-bond donors (Lipinski definition) is 2. The van der Waals surface area contributed by atoms with E-state index >= 15 is 0 Å². The topological polar surface area (TPSA) is 76.1 Å². The number of nitrogens with zero attached hydrogens (tertiary/aromatic N) is 2. The van der Waals surface area contributed by atoms with Crippen molar-refractivity contribution in [3.8, 4) is 0 Å². The lowest BCUT2D eigenvalue weighted by Gasteiger charge is -2.16. The standard InChI is InChI=1S/C17H26N4O2/c22-17(18-12-14-8-5-11-23-14)15-9-10-16(21-20-15)19-13-6-3-1-2-4-7-13/h9-10,13-14H,1-8,11-12H2,(H,18,22)(H,19,21). The zero-order valence-corrected chi connectivity index (χ0v) is 13.6. The number of ether oxygens (including phenoxy) is 1. The van der Waals surface area contributed by atoms with Crippen molar-refractivity contribution in [3.63, 3.8) is 0 Å². The van der Waals surface area contributed by atoms with Gasteiger partial charge in [0.15, 0.2) is 5.69 Å². The smallest absolute Gasteiger partial charge is 0.271 e. The number of amides is 1. The van der Waals surface area contributed by atoms with Crippen LogP contribution in [0.3, 0.4) is 0 Å². The third kappa shape index (κ3) is 4.89. The number of rotatable bonds is 5. The average Bonchev–Trinajstić information content (AvgIpc) is 2.97. The summed E-state index contributed by atoms with van der Waals surface area (Å²) in [6.07, 6.45) is 9.79. The van der Waals surface area contributed by atoms with Gasteiger partial charge in [-0.2, -0.15) is 0 Å². The molecule has 1 aromatic rings. The van der Waals surface area contributed by atoms with Crippen LogP contribution in [0.2, 0.25) is 0 Å². The van der Waals surface area contributed by atoms with Gasteiger partial charge in [-0.3, -0.25) is 4.79 Å². The molecule has 6 heteroatoms. The SMILES string of the molecule is O=C(NCC1CCCO1)c1ccc(NC2CCCCCC2)nn1. The van der Waals surface area contributed by atoms with Gasteiger partial charge in [0.2, 0.25) is 0 Å². The molecule has 2 aliphatic rings. The fourth-order valence-electron chi connectivity index (χ4n) is 3.27. The van der Waals surface area contributed by atoms with E-state index in [1.165, 1.54) is 38.5 Å². The van der Waals surface area contributed by atoms with Gasteiger partial charge in [-0.15, -0.1) is 10.2 Å². The molecule has 0 bridgehead atoms. The fourth-order valence-corrected chi connectivity index (χ4v) is 3.27. The van der Waals surface area contributed by atoms with Crippen LogP contribution in [0.5, 0.6) is 0 Å². The summed E-state index contributed by atoms with van der Waals surface area (Å²) in [5.41, 5.74) is 0.356. The molecule has 1 amide bonds. The van der Waals surface area contributed by atoms with Crippen LogP contribution in [-0.4, -0.2) is 41.4 Å². The molecule has 2 fully saturated rings. The summed E-state index contributed by atoms with van der Waals surface area (Å²) in [6.45, 7) is 1.34. The quantitative estimate of drug-likeness (QED) is 0.816. The van der Waals surface area contributed by atoms with Crippen molar-refractivity contribution in [2.45, 2.75) is 63.5 Å². The molecule has 0 aromatic carbocycles. The zero-order chi connectivity index (χ0) is 15.9. The Morgan fingerprint density at radius 2 is 1.91 bits per heavy atom. The molecule has 1 saturated carbocycles. The maximum absolute atomic E-state index is 12.1. The highest BCUT2D eigenvalue weighted by atomic mass is 16.5. The molecule has 1 saturated heterocycles. The van der Waals surface area contributed by atoms with Crippen LogP contribution < -0.4 is 10.6 Å². The fraction of sp³-hybridized carbons (Fsp3) is 0.706. The van der Waals surface area contributed by atoms with Crippen molar-refractivity contribution in [2.24, 2.45) is 0 Å². The van der Waals surface area contributed by atoms with E-state index < -0.39 is 0 Å². The largest absolute Gasteiger partial charge is 0.376 e. The van der Waals surface area contributed by atoms with E-state index in [-0.39, 0.29) is 12.0 Å². The van der Waals surface area contributed by atoms with Crippen molar-refractivity contribution in [1.29, 1.82) is 0 Å². The van der Waals surface area contributed by atoms with E-state index in [1.807, 2.05) is 6.07 Å². The predicted molar refractivity (Wildman–Crippen MR) is 88.5 cm³/mol. The summed E-state index contributed by atoms with van der Waals surface area (Å²) < 4.78 is 5.49. The highest BCUT2D eigenvalue weighted by Crippen LogP contribution is 2.20. The molecular formula is C17H26N4O2. The molecule has 126 valence electrons. The Bertz CT molecular complexity index is 492. The monoisotopic (exact) mass is 318 g/mol. The van der Waals surface area contributed by atoms with Gasteiger partial charge in [-0.1, -0.05) is 25.7 Å². The van der Waals surface area contributed by atoms with E-state index in [9.17, 15) is 4.79 Å². The lowest BCUT2D eigenvalue weighted by atomic mass is 10.1. The first-order valence-electron chi connectivity index (χ1n) is 8.81.